The van der Waals surface area contributed by atoms with Crippen LogP contribution in [0.3, 0.4) is 0 Å². The summed E-state index contributed by atoms with van der Waals surface area (Å²) in [5.74, 6) is 0. The van der Waals surface area contributed by atoms with Crippen molar-refractivity contribution in [3.05, 3.63) is 58.9 Å². The zero-order chi connectivity index (χ0) is 15.5. The van der Waals surface area contributed by atoms with Gasteiger partial charge in [0, 0.05) is 35.7 Å². The van der Waals surface area contributed by atoms with Crippen molar-refractivity contribution in [3.63, 3.8) is 0 Å². The molecular formula is C17H18ClN3S. The zero-order valence-corrected chi connectivity index (χ0v) is 14.0. The van der Waals surface area contributed by atoms with Gasteiger partial charge in [0.15, 0.2) is 5.11 Å². The molecule has 1 aliphatic carbocycles. The van der Waals surface area contributed by atoms with Crippen LogP contribution in [0.15, 0.2) is 42.7 Å². The highest BCUT2D eigenvalue weighted by Crippen LogP contribution is 2.29. The third-order valence-electron chi connectivity index (χ3n) is 3.78. The van der Waals surface area contributed by atoms with Crippen LogP contribution in [0.2, 0.25) is 5.02 Å². The number of hydrogen-bond donors (Lipinski definition) is 1. The lowest BCUT2D eigenvalue weighted by Crippen LogP contribution is -2.36. The lowest BCUT2D eigenvalue weighted by molar-refractivity contribution is 0.409. The minimum Gasteiger partial charge on any atom is -0.342 e. The molecule has 0 spiro atoms. The Morgan fingerprint density at radius 2 is 2.05 bits per heavy atom. The van der Waals surface area contributed by atoms with Crippen LogP contribution in [-0.4, -0.2) is 21.0 Å². The van der Waals surface area contributed by atoms with Crippen molar-refractivity contribution in [1.29, 1.82) is 0 Å². The Morgan fingerprint density at radius 1 is 1.32 bits per heavy atom. The summed E-state index contributed by atoms with van der Waals surface area (Å²) in [5, 5.41) is 4.87. The smallest absolute Gasteiger partial charge is 0.173 e. The minimum atomic E-state index is 0.542. The number of thiocarbonyl (C=S) groups is 1. The lowest BCUT2D eigenvalue weighted by atomic mass is 10.2. The van der Waals surface area contributed by atoms with Crippen LogP contribution in [-0.2, 0) is 6.54 Å². The van der Waals surface area contributed by atoms with Crippen molar-refractivity contribution in [1.82, 2.24) is 9.88 Å². The Morgan fingerprint density at radius 3 is 2.68 bits per heavy atom. The number of halogens is 1. The first-order chi connectivity index (χ1) is 10.6. The molecule has 1 N–H and O–H groups in total. The molecule has 0 amide bonds. The molecule has 1 aromatic heterocycles. The van der Waals surface area contributed by atoms with Crippen LogP contribution < -0.4 is 5.32 Å². The van der Waals surface area contributed by atoms with E-state index in [1.54, 1.807) is 0 Å². The second kappa shape index (κ2) is 6.63. The van der Waals surface area contributed by atoms with Gasteiger partial charge >= 0.3 is 0 Å². The summed E-state index contributed by atoms with van der Waals surface area (Å²) in [7, 11) is 0. The number of aromatic nitrogens is 1. The standard InChI is InChI=1S/C17H18ClN3S/c1-12-10-14(18)2-5-16(12)20-17(22)21(15-3-4-15)11-13-6-8-19-9-7-13/h2,5-10,15H,3-4,11H2,1H3,(H,20,22). The molecule has 0 aliphatic heterocycles. The van der Waals surface area contributed by atoms with Gasteiger partial charge in [-0.3, -0.25) is 4.98 Å². The van der Waals surface area contributed by atoms with Gasteiger partial charge < -0.3 is 10.2 Å². The van der Waals surface area contributed by atoms with Crippen LogP contribution >= 0.6 is 23.8 Å². The van der Waals surface area contributed by atoms with Gasteiger partial charge in [-0.15, -0.1) is 0 Å². The molecule has 22 heavy (non-hydrogen) atoms. The molecule has 5 heteroatoms. The molecule has 1 aliphatic rings. The molecule has 2 aromatic rings. The Bertz CT molecular complexity index is 671. The molecule has 0 bridgehead atoms. The van der Waals surface area contributed by atoms with Gasteiger partial charge in [0.1, 0.15) is 0 Å². The number of anilines is 1. The molecule has 1 fully saturated rings. The van der Waals surface area contributed by atoms with Gasteiger partial charge in [0.2, 0.25) is 0 Å². The summed E-state index contributed by atoms with van der Waals surface area (Å²) in [6.07, 6.45) is 6.04. The van der Waals surface area contributed by atoms with Gasteiger partial charge in [0.05, 0.1) is 0 Å². The largest absolute Gasteiger partial charge is 0.342 e. The second-order valence-electron chi connectivity index (χ2n) is 5.60. The monoisotopic (exact) mass is 331 g/mol. The van der Waals surface area contributed by atoms with Gasteiger partial charge in [-0.2, -0.15) is 0 Å². The molecular weight excluding hydrogens is 314 g/mol. The predicted octanol–water partition coefficient (Wildman–Crippen LogP) is 4.40. The fraction of sp³-hybridized carbons (Fsp3) is 0.294. The van der Waals surface area contributed by atoms with E-state index in [9.17, 15) is 0 Å². The molecule has 0 radical (unpaired) electrons. The van der Waals surface area contributed by atoms with Crippen molar-refractivity contribution < 1.29 is 0 Å². The van der Waals surface area contributed by atoms with Gasteiger partial charge in [-0.25, -0.2) is 0 Å². The maximum atomic E-state index is 6.01. The summed E-state index contributed by atoms with van der Waals surface area (Å²) >= 11 is 11.6. The van der Waals surface area contributed by atoms with E-state index in [1.807, 2.05) is 49.6 Å². The molecule has 0 unspecified atom stereocenters. The Balaban J connectivity index is 1.73. The normalized spacial score (nSPS) is 13.7. The lowest BCUT2D eigenvalue weighted by Gasteiger charge is -2.26. The molecule has 114 valence electrons. The van der Waals surface area contributed by atoms with E-state index in [0.717, 1.165) is 27.9 Å². The average molecular weight is 332 g/mol. The summed E-state index contributed by atoms with van der Waals surface area (Å²) in [6.45, 7) is 2.84. The fourth-order valence-corrected chi connectivity index (χ4v) is 2.94. The molecule has 1 aromatic carbocycles. The molecule has 0 atom stereocenters. The predicted molar refractivity (Wildman–Crippen MR) is 95.2 cm³/mol. The van der Waals surface area contributed by atoms with E-state index in [4.69, 9.17) is 23.8 Å². The number of nitrogens with zero attached hydrogens (tertiary/aromatic N) is 2. The summed E-state index contributed by atoms with van der Waals surface area (Å²) in [5.41, 5.74) is 3.32. The molecule has 1 heterocycles. The third-order valence-corrected chi connectivity index (χ3v) is 4.35. The first-order valence-corrected chi connectivity index (χ1v) is 8.15. The Labute approximate surface area is 141 Å². The number of rotatable bonds is 4. The highest BCUT2D eigenvalue weighted by molar-refractivity contribution is 7.80. The first-order valence-electron chi connectivity index (χ1n) is 7.36. The molecule has 3 rings (SSSR count). The Kier molecular flexibility index (Phi) is 4.60. The van der Waals surface area contributed by atoms with Crippen LogP contribution in [0, 0.1) is 6.92 Å². The van der Waals surface area contributed by atoms with Gasteiger partial charge in [0.25, 0.3) is 0 Å². The number of benzene rings is 1. The number of aryl methyl sites for hydroxylation is 1. The quantitative estimate of drug-likeness (QED) is 0.840. The van der Waals surface area contributed by atoms with Gasteiger partial charge in [-0.05, 0) is 73.4 Å². The maximum Gasteiger partial charge on any atom is 0.173 e. The van der Waals surface area contributed by atoms with Crippen molar-refractivity contribution in [3.8, 4) is 0 Å². The van der Waals surface area contributed by atoms with Crippen LogP contribution in [0.25, 0.3) is 0 Å². The van der Waals surface area contributed by atoms with Gasteiger partial charge in [-0.1, -0.05) is 11.6 Å². The molecule has 3 nitrogen and oxygen atoms in total. The summed E-state index contributed by atoms with van der Waals surface area (Å²) in [4.78, 5) is 6.33. The fourth-order valence-electron chi connectivity index (χ4n) is 2.39. The van der Waals surface area contributed by atoms with E-state index in [2.05, 4.69) is 15.2 Å². The third kappa shape index (κ3) is 3.76. The Hall–Kier alpha value is -1.65. The summed E-state index contributed by atoms with van der Waals surface area (Å²) < 4.78 is 0. The second-order valence-corrected chi connectivity index (χ2v) is 6.43. The highest BCUT2D eigenvalue weighted by Gasteiger charge is 2.30. The minimum absolute atomic E-state index is 0.542. The van der Waals surface area contributed by atoms with Crippen molar-refractivity contribution in [2.75, 3.05) is 5.32 Å². The molecule has 0 saturated heterocycles. The SMILES string of the molecule is Cc1cc(Cl)ccc1NC(=S)N(Cc1ccncc1)C1CC1. The average Bonchev–Trinajstić information content (AvgIpc) is 3.33. The van der Waals surface area contributed by atoms with E-state index in [1.165, 1.54) is 18.4 Å². The van der Waals surface area contributed by atoms with E-state index < -0.39 is 0 Å². The van der Waals surface area contributed by atoms with Crippen LogP contribution in [0.5, 0.6) is 0 Å². The van der Waals surface area contributed by atoms with Crippen molar-refractivity contribution in [2.24, 2.45) is 0 Å². The van der Waals surface area contributed by atoms with Crippen LogP contribution in [0.1, 0.15) is 24.0 Å². The van der Waals surface area contributed by atoms with Crippen molar-refractivity contribution >= 4 is 34.6 Å². The zero-order valence-electron chi connectivity index (χ0n) is 12.4. The highest BCUT2D eigenvalue weighted by atomic mass is 35.5. The first kappa shape index (κ1) is 15.3. The molecule has 1 saturated carbocycles. The maximum absolute atomic E-state index is 6.01. The summed E-state index contributed by atoms with van der Waals surface area (Å²) in [6, 6.07) is 10.4. The topological polar surface area (TPSA) is 28.2 Å². The number of hydrogen-bond acceptors (Lipinski definition) is 2. The van der Waals surface area contributed by atoms with E-state index in [-0.39, 0.29) is 0 Å². The number of pyridine rings is 1. The van der Waals surface area contributed by atoms with Crippen molar-refractivity contribution in [2.45, 2.75) is 32.4 Å². The number of nitrogens with one attached hydrogen (secondary N) is 1. The van der Waals surface area contributed by atoms with E-state index >= 15 is 0 Å². The van der Waals surface area contributed by atoms with Crippen LogP contribution in [0.4, 0.5) is 5.69 Å². The van der Waals surface area contributed by atoms with E-state index in [0.29, 0.717) is 6.04 Å².